The number of methoxy groups -OCH3 is 2. The van der Waals surface area contributed by atoms with E-state index in [0.29, 0.717) is 22.6 Å². The molecule has 0 fully saturated rings. The number of carbonyl (C=O) groups is 2. The molecule has 2 rings (SSSR count). The fraction of sp³-hybridized carbons (Fsp3) is 0.300. The van der Waals surface area contributed by atoms with Crippen molar-refractivity contribution in [3.05, 3.63) is 53.6 Å². The highest BCUT2D eigenvalue weighted by Crippen LogP contribution is 2.34. The Hall–Kier alpha value is -3.22. The van der Waals surface area contributed by atoms with Crippen molar-refractivity contribution in [3.63, 3.8) is 0 Å². The van der Waals surface area contributed by atoms with Gasteiger partial charge < -0.3 is 24.6 Å². The molecule has 0 saturated heterocycles. The Bertz CT molecular complexity index is 765. The van der Waals surface area contributed by atoms with Gasteiger partial charge >= 0.3 is 5.97 Å². The summed E-state index contributed by atoms with van der Waals surface area (Å²) < 4.78 is 15.7. The van der Waals surface area contributed by atoms with E-state index in [4.69, 9.17) is 14.2 Å². The summed E-state index contributed by atoms with van der Waals surface area (Å²) in [6.45, 7) is 1.87. The molecule has 7 heteroatoms. The van der Waals surface area contributed by atoms with Crippen molar-refractivity contribution in [2.75, 3.05) is 20.8 Å². The predicted octanol–water partition coefficient (Wildman–Crippen LogP) is 2.31. The molecule has 1 unspecified atom stereocenters. The Morgan fingerprint density at radius 1 is 1.07 bits per heavy atom. The summed E-state index contributed by atoms with van der Waals surface area (Å²) >= 11 is 0. The second-order valence-corrected chi connectivity index (χ2v) is 5.68. The summed E-state index contributed by atoms with van der Waals surface area (Å²) in [6, 6.07) is 10.5. The van der Waals surface area contributed by atoms with Crippen molar-refractivity contribution in [1.29, 1.82) is 0 Å². The average molecular weight is 373 g/mol. The van der Waals surface area contributed by atoms with Crippen LogP contribution in [-0.4, -0.2) is 43.9 Å². The number of amides is 1. The molecule has 0 saturated carbocycles. The molecule has 2 aromatic carbocycles. The van der Waals surface area contributed by atoms with Crippen LogP contribution in [0.15, 0.2) is 42.5 Å². The van der Waals surface area contributed by atoms with Gasteiger partial charge in [-0.3, -0.25) is 4.79 Å². The number of phenols is 1. The number of phenolic OH excluding ortho intramolecular Hbond substituents is 1. The van der Waals surface area contributed by atoms with Crippen LogP contribution in [0.4, 0.5) is 0 Å². The number of rotatable bonds is 8. The zero-order valence-electron chi connectivity index (χ0n) is 15.5. The summed E-state index contributed by atoms with van der Waals surface area (Å²) in [5, 5.41) is 12.5. The zero-order valence-corrected chi connectivity index (χ0v) is 15.5. The molecule has 0 heterocycles. The molecule has 1 amide bonds. The van der Waals surface area contributed by atoms with Crippen molar-refractivity contribution in [2.24, 2.45) is 0 Å². The largest absolute Gasteiger partial charge is 0.508 e. The van der Waals surface area contributed by atoms with E-state index in [1.165, 1.54) is 26.4 Å². The van der Waals surface area contributed by atoms with Crippen LogP contribution in [0.5, 0.6) is 17.2 Å². The lowest BCUT2D eigenvalue weighted by molar-refractivity contribution is -0.145. The lowest BCUT2D eigenvalue weighted by Gasteiger charge is -2.20. The number of ether oxygens (including phenoxy) is 3. The third-order valence-electron chi connectivity index (χ3n) is 3.91. The first-order valence-corrected chi connectivity index (χ1v) is 8.46. The third kappa shape index (κ3) is 5.13. The maximum atomic E-state index is 12.5. The molecule has 2 aromatic rings. The van der Waals surface area contributed by atoms with Crippen LogP contribution >= 0.6 is 0 Å². The van der Waals surface area contributed by atoms with Gasteiger partial charge in [-0.2, -0.15) is 0 Å². The van der Waals surface area contributed by atoms with Crippen molar-refractivity contribution < 1.29 is 28.9 Å². The number of hydrogen-bond acceptors (Lipinski definition) is 6. The molecule has 0 aliphatic carbocycles. The Balaban J connectivity index is 2.33. The van der Waals surface area contributed by atoms with Gasteiger partial charge in [-0.25, -0.2) is 4.79 Å². The number of nitrogens with one attached hydrogen (secondary N) is 1. The van der Waals surface area contributed by atoms with E-state index >= 15 is 0 Å². The summed E-state index contributed by atoms with van der Waals surface area (Å²) in [5.74, 6) is -0.317. The highest BCUT2D eigenvalue weighted by molar-refractivity contribution is 5.96. The molecule has 2 N–H and O–H groups in total. The quantitative estimate of drug-likeness (QED) is 0.690. The highest BCUT2D eigenvalue weighted by Gasteiger charge is 2.26. The molecular weight excluding hydrogens is 350 g/mol. The van der Waals surface area contributed by atoms with Crippen LogP contribution < -0.4 is 14.8 Å². The minimum absolute atomic E-state index is 0.0338. The first-order valence-electron chi connectivity index (χ1n) is 8.46. The smallest absolute Gasteiger partial charge is 0.328 e. The van der Waals surface area contributed by atoms with E-state index in [9.17, 15) is 14.7 Å². The first kappa shape index (κ1) is 20.1. The maximum Gasteiger partial charge on any atom is 0.328 e. The van der Waals surface area contributed by atoms with Crippen molar-refractivity contribution in [1.82, 2.24) is 5.32 Å². The molecule has 1 atom stereocenters. The number of hydrogen-bond donors (Lipinski definition) is 2. The Morgan fingerprint density at radius 3 is 2.19 bits per heavy atom. The van der Waals surface area contributed by atoms with E-state index in [1.807, 2.05) is 0 Å². The van der Waals surface area contributed by atoms with E-state index in [0.717, 1.165) is 0 Å². The van der Waals surface area contributed by atoms with Gasteiger partial charge in [0.15, 0.2) is 0 Å². The maximum absolute atomic E-state index is 12.5. The van der Waals surface area contributed by atoms with Crippen LogP contribution in [0, 0.1) is 0 Å². The van der Waals surface area contributed by atoms with E-state index in [2.05, 4.69) is 5.32 Å². The minimum atomic E-state index is -0.954. The van der Waals surface area contributed by atoms with Gasteiger partial charge in [0.2, 0.25) is 0 Å². The van der Waals surface area contributed by atoms with Crippen LogP contribution in [0.2, 0.25) is 0 Å². The van der Waals surface area contributed by atoms with Gasteiger partial charge in [-0.1, -0.05) is 18.2 Å². The minimum Gasteiger partial charge on any atom is -0.508 e. The fourth-order valence-electron chi connectivity index (χ4n) is 2.64. The van der Waals surface area contributed by atoms with Crippen LogP contribution in [0.3, 0.4) is 0 Å². The zero-order chi connectivity index (χ0) is 19.8. The molecule has 0 aliphatic heterocycles. The molecular formula is C20H23NO6. The number of esters is 1. The lowest BCUT2D eigenvalue weighted by atomic mass is 10.0. The van der Waals surface area contributed by atoms with Crippen LogP contribution in [-0.2, 0) is 16.0 Å². The van der Waals surface area contributed by atoms with Gasteiger partial charge in [0.25, 0.3) is 5.91 Å². The Morgan fingerprint density at radius 2 is 1.67 bits per heavy atom. The van der Waals surface area contributed by atoms with E-state index < -0.39 is 17.9 Å². The molecule has 0 radical (unpaired) electrons. The topological polar surface area (TPSA) is 94.1 Å². The number of aromatic hydroxyl groups is 1. The Kier molecular flexibility index (Phi) is 7.05. The average Bonchev–Trinajstić information content (AvgIpc) is 2.68. The first-order chi connectivity index (χ1) is 13.0. The molecule has 0 aliphatic rings. The van der Waals surface area contributed by atoms with E-state index in [1.54, 1.807) is 37.3 Å². The standard InChI is InChI=1S/C20H23NO6/c1-4-27-20(24)16(21-19(23)13-8-6-5-7-9-13)12-15-17(25-2)10-14(22)11-18(15)26-3/h5-11,16,22H,4,12H2,1-3H3,(H,21,23). The highest BCUT2D eigenvalue weighted by atomic mass is 16.5. The molecule has 27 heavy (non-hydrogen) atoms. The van der Waals surface area contributed by atoms with E-state index in [-0.39, 0.29) is 18.8 Å². The fourth-order valence-corrected chi connectivity index (χ4v) is 2.64. The lowest BCUT2D eigenvalue weighted by Crippen LogP contribution is -2.43. The molecule has 7 nitrogen and oxygen atoms in total. The monoisotopic (exact) mass is 373 g/mol. The van der Waals surface area contributed by atoms with Gasteiger partial charge in [-0.05, 0) is 19.1 Å². The summed E-state index contributed by atoms with van der Waals surface area (Å²) in [5.41, 5.74) is 0.959. The molecule has 0 bridgehead atoms. The van der Waals surface area contributed by atoms with Gasteiger partial charge in [0.05, 0.1) is 20.8 Å². The normalized spacial score (nSPS) is 11.4. The van der Waals surface area contributed by atoms with Crippen molar-refractivity contribution in [2.45, 2.75) is 19.4 Å². The number of carbonyl (C=O) groups excluding carboxylic acids is 2. The third-order valence-corrected chi connectivity index (χ3v) is 3.91. The van der Waals surface area contributed by atoms with Crippen LogP contribution in [0.1, 0.15) is 22.8 Å². The predicted molar refractivity (Wildman–Crippen MR) is 99.2 cm³/mol. The summed E-state index contributed by atoms with van der Waals surface area (Å²) in [6.07, 6.45) is 0.0734. The van der Waals surface area contributed by atoms with Crippen molar-refractivity contribution >= 4 is 11.9 Å². The molecule has 0 spiro atoms. The second kappa shape index (κ2) is 9.47. The second-order valence-electron chi connectivity index (χ2n) is 5.68. The van der Waals surface area contributed by atoms with Gasteiger partial charge in [0, 0.05) is 29.7 Å². The summed E-state index contributed by atoms with van der Waals surface area (Å²) in [7, 11) is 2.89. The molecule has 144 valence electrons. The number of benzene rings is 2. The van der Waals surface area contributed by atoms with Crippen LogP contribution in [0.25, 0.3) is 0 Å². The SMILES string of the molecule is CCOC(=O)C(Cc1c(OC)cc(O)cc1OC)NC(=O)c1ccccc1. The van der Waals surface area contributed by atoms with Gasteiger partial charge in [-0.15, -0.1) is 0 Å². The van der Waals surface area contributed by atoms with Gasteiger partial charge in [0.1, 0.15) is 23.3 Å². The Labute approximate surface area is 157 Å². The summed E-state index contributed by atoms with van der Waals surface area (Å²) in [4.78, 5) is 24.9. The molecule has 0 aromatic heterocycles. The van der Waals surface area contributed by atoms with Crippen molar-refractivity contribution in [3.8, 4) is 17.2 Å².